The maximum absolute atomic E-state index is 12.1. The highest BCUT2D eigenvalue weighted by atomic mass is 79.9. The molecule has 6 heteroatoms. The molecule has 1 aromatic rings. The number of nitrogens with zero attached hydrogens (tertiary/aromatic N) is 2. The second-order valence-corrected chi connectivity index (χ2v) is 5.33. The fourth-order valence-corrected chi connectivity index (χ4v) is 1.71. The van der Waals surface area contributed by atoms with E-state index >= 15 is 0 Å². The van der Waals surface area contributed by atoms with Crippen LogP contribution in [-0.2, 0) is 0 Å². The molecule has 1 atom stereocenters. The summed E-state index contributed by atoms with van der Waals surface area (Å²) in [6.45, 7) is 2.36. The number of hydrogen-bond acceptors (Lipinski definition) is 4. The summed E-state index contributed by atoms with van der Waals surface area (Å²) in [6.07, 6.45) is 1.66. The van der Waals surface area contributed by atoms with Crippen molar-refractivity contribution in [2.24, 2.45) is 5.92 Å². The van der Waals surface area contributed by atoms with E-state index in [-0.39, 0.29) is 18.4 Å². The fraction of sp³-hybridized carbons (Fsp3) is 0.500. The lowest BCUT2D eigenvalue weighted by Crippen LogP contribution is -2.31. The van der Waals surface area contributed by atoms with E-state index < -0.39 is 0 Å². The number of anilines is 1. The molecule has 2 N–H and O–H groups in total. The summed E-state index contributed by atoms with van der Waals surface area (Å²) in [5.41, 5.74) is 0.513. The van der Waals surface area contributed by atoms with Gasteiger partial charge in [0.2, 0.25) is 0 Å². The molecule has 0 spiro atoms. The van der Waals surface area contributed by atoms with Gasteiger partial charge in [0.25, 0.3) is 5.91 Å². The van der Waals surface area contributed by atoms with Gasteiger partial charge in [0.15, 0.2) is 0 Å². The van der Waals surface area contributed by atoms with E-state index in [1.54, 1.807) is 17.2 Å². The third-order valence-corrected chi connectivity index (χ3v) is 2.86. The van der Waals surface area contributed by atoms with Gasteiger partial charge in [-0.1, -0.05) is 6.92 Å². The van der Waals surface area contributed by atoms with E-state index in [0.717, 1.165) is 4.47 Å². The molecule has 0 fully saturated rings. The minimum Gasteiger partial charge on any atom is -0.396 e. The van der Waals surface area contributed by atoms with Gasteiger partial charge in [-0.05, 0) is 27.9 Å². The van der Waals surface area contributed by atoms with Gasteiger partial charge in [-0.25, -0.2) is 4.98 Å². The van der Waals surface area contributed by atoms with Gasteiger partial charge in [0.1, 0.15) is 5.82 Å². The molecule has 1 unspecified atom stereocenters. The molecule has 0 aliphatic carbocycles. The van der Waals surface area contributed by atoms with Crippen molar-refractivity contribution in [3.8, 4) is 0 Å². The maximum Gasteiger partial charge on any atom is 0.255 e. The molecular formula is C12H18BrN3O2. The Morgan fingerprint density at radius 2 is 2.28 bits per heavy atom. The summed E-state index contributed by atoms with van der Waals surface area (Å²) in [4.78, 5) is 18.1. The van der Waals surface area contributed by atoms with Crippen LogP contribution >= 0.6 is 15.9 Å². The number of aromatic nitrogens is 1. The van der Waals surface area contributed by atoms with Crippen LogP contribution in [0.15, 0.2) is 16.7 Å². The van der Waals surface area contributed by atoms with Gasteiger partial charge >= 0.3 is 0 Å². The Bertz CT molecular complexity index is 424. The molecule has 1 rings (SSSR count). The predicted molar refractivity (Wildman–Crippen MR) is 74.8 cm³/mol. The highest BCUT2D eigenvalue weighted by Crippen LogP contribution is 2.19. The van der Waals surface area contributed by atoms with Crippen molar-refractivity contribution < 1.29 is 9.90 Å². The first-order valence-corrected chi connectivity index (χ1v) is 6.47. The van der Waals surface area contributed by atoms with Crippen LogP contribution in [0.4, 0.5) is 5.82 Å². The molecule has 0 aromatic carbocycles. The number of carbonyl (C=O) groups excluding carboxylic acids is 1. The summed E-state index contributed by atoms with van der Waals surface area (Å²) in [6, 6.07) is 1.74. The van der Waals surface area contributed by atoms with Crippen LogP contribution in [0.25, 0.3) is 0 Å². The minimum absolute atomic E-state index is 0.0388. The summed E-state index contributed by atoms with van der Waals surface area (Å²) < 4.78 is 0.758. The van der Waals surface area contributed by atoms with Crippen LogP contribution in [0.3, 0.4) is 0 Å². The molecule has 1 aromatic heterocycles. The molecule has 0 saturated heterocycles. The summed E-state index contributed by atoms with van der Waals surface area (Å²) in [5, 5.41) is 11.7. The molecular weight excluding hydrogens is 298 g/mol. The third-order valence-electron chi connectivity index (χ3n) is 2.42. The topological polar surface area (TPSA) is 65.5 Å². The highest BCUT2D eigenvalue weighted by molar-refractivity contribution is 9.10. The van der Waals surface area contributed by atoms with Crippen LogP contribution in [0.1, 0.15) is 17.3 Å². The van der Waals surface area contributed by atoms with E-state index in [9.17, 15) is 4.79 Å². The number of halogens is 1. The lowest BCUT2D eigenvalue weighted by Gasteiger charge is -2.16. The smallest absolute Gasteiger partial charge is 0.255 e. The molecule has 0 aliphatic rings. The highest BCUT2D eigenvalue weighted by Gasteiger charge is 2.15. The number of amides is 1. The molecule has 0 bridgehead atoms. The molecule has 100 valence electrons. The van der Waals surface area contributed by atoms with E-state index in [4.69, 9.17) is 5.11 Å². The van der Waals surface area contributed by atoms with Gasteiger partial charge in [0.05, 0.1) is 5.56 Å². The third kappa shape index (κ3) is 3.96. The largest absolute Gasteiger partial charge is 0.396 e. The van der Waals surface area contributed by atoms with E-state index in [1.165, 1.54) is 0 Å². The summed E-state index contributed by atoms with van der Waals surface area (Å²) in [7, 11) is 3.67. The molecule has 0 saturated carbocycles. The molecule has 1 heterocycles. The van der Waals surface area contributed by atoms with Crippen molar-refractivity contribution in [2.75, 3.05) is 32.1 Å². The standard InChI is InChI=1S/C12H18BrN3O2/c1-8(7-17)5-15-12(18)10-4-9(13)6-14-11(10)16(2)3/h4,6,8,17H,5,7H2,1-3H3,(H,15,18). The van der Waals surface area contributed by atoms with Crippen LogP contribution in [0.5, 0.6) is 0 Å². The van der Waals surface area contributed by atoms with E-state index in [2.05, 4.69) is 26.2 Å². The number of aliphatic hydroxyl groups excluding tert-OH is 1. The quantitative estimate of drug-likeness (QED) is 0.858. The monoisotopic (exact) mass is 315 g/mol. The Hall–Kier alpha value is -1.14. The molecule has 1 amide bonds. The SMILES string of the molecule is CC(CO)CNC(=O)c1cc(Br)cnc1N(C)C. The van der Waals surface area contributed by atoms with Gasteiger partial charge in [0, 0.05) is 37.9 Å². The number of hydrogen-bond donors (Lipinski definition) is 2. The van der Waals surface area contributed by atoms with Crippen molar-refractivity contribution in [2.45, 2.75) is 6.92 Å². The van der Waals surface area contributed by atoms with Crippen molar-refractivity contribution >= 4 is 27.7 Å². The number of nitrogens with one attached hydrogen (secondary N) is 1. The first-order chi connectivity index (χ1) is 8.45. The Balaban J connectivity index is 2.87. The number of rotatable bonds is 5. The summed E-state index contributed by atoms with van der Waals surface area (Å²) in [5.74, 6) is 0.469. The molecule has 18 heavy (non-hydrogen) atoms. The van der Waals surface area contributed by atoms with Crippen molar-refractivity contribution in [3.63, 3.8) is 0 Å². The summed E-state index contributed by atoms with van der Waals surface area (Å²) >= 11 is 3.31. The zero-order valence-corrected chi connectivity index (χ0v) is 12.4. The molecule has 0 radical (unpaired) electrons. The van der Waals surface area contributed by atoms with Crippen molar-refractivity contribution in [1.29, 1.82) is 0 Å². The first-order valence-electron chi connectivity index (χ1n) is 5.67. The van der Waals surface area contributed by atoms with Gasteiger partial charge in [-0.3, -0.25) is 4.79 Å². The maximum atomic E-state index is 12.1. The Labute approximate surface area is 115 Å². The number of pyridine rings is 1. The number of carbonyl (C=O) groups is 1. The van der Waals surface area contributed by atoms with Gasteiger partial charge in [-0.2, -0.15) is 0 Å². The normalized spacial score (nSPS) is 12.1. The van der Waals surface area contributed by atoms with Crippen LogP contribution in [-0.4, -0.2) is 43.2 Å². The van der Waals surface area contributed by atoms with Crippen molar-refractivity contribution in [1.82, 2.24) is 10.3 Å². The Morgan fingerprint density at radius 3 is 2.83 bits per heavy atom. The van der Waals surface area contributed by atoms with Crippen LogP contribution in [0.2, 0.25) is 0 Å². The fourth-order valence-electron chi connectivity index (χ4n) is 1.38. The Morgan fingerprint density at radius 1 is 1.61 bits per heavy atom. The van der Waals surface area contributed by atoms with Crippen molar-refractivity contribution in [3.05, 3.63) is 22.3 Å². The molecule has 0 aliphatic heterocycles. The average Bonchev–Trinajstić information content (AvgIpc) is 2.34. The molecule has 5 nitrogen and oxygen atoms in total. The lowest BCUT2D eigenvalue weighted by molar-refractivity contribution is 0.0942. The van der Waals surface area contributed by atoms with Gasteiger partial charge < -0.3 is 15.3 Å². The number of aliphatic hydroxyl groups is 1. The predicted octanol–water partition coefficient (Wildman–Crippen LogP) is 1.27. The van der Waals surface area contributed by atoms with Crippen LogP contribution < -0.4 is 10.2 Å². The Kier molecular flexibility index (Phi) is 5.55. The second kappa shape index (κ2) is 6.70. The minimum atomic E-state index is -0.187. The second-order valence-electron chi connectivity index (χ2n) is 4.42. The first kappa shape index (κ1) is 14.9. The van der Waals surface area contributed by atoms with E-state index in [1.807, 2.05) is 21.0 Å². The average molecular weight is 316 g/mol. The lowest BCUT2D eigenvalue weighted by atomic mass is 10.2. The zero-order chi connectivity index (χ0) is 13.7. The van der Waals surface area contributed by atoms with Crippen LogP contribution in [0, 0.1) is 5.92 Å². The van der Waals surface area contributed by atoms with E-state index in [0.29, 0.717) is 17.9 Å². The van der Waals surface area contributed by atoms with Gasteiger partial charge in [-0.15, -0.1) is 0 Å². The zero-order valence-electron chi connectivity index (χ0n) is 10.8.